The van der Waals surface area contributed by atoms with Crippen LogP contribution in [0.4, 0.5) is 0 Å². The van der Waals surface area contributed by atoms with E-state index in [0.717, 1.165) is 11.1 Å². The Hall–Kier alpha value is -0.950. The van der Waals surface area contributed by atoms with Crippen molar-refractivity contribution in [2.24, 2.45) is 5.73 Å². The summed E-state index contributed by atoms with van der Waals surface area (Å²) in [7, 11) is -0.404. The number of hydrogen-bond acceptors (Lipinski definition) is 4. The molecule has 0 saturated carbocycles. The number of benzene rings is 1. The molecule has 1 unspecified atom stereocenters. The molecule has 0 amide bonds. The summed E-state index contributed by atoms with van der Waals surface area (Å²) in [4.78, 5) is 0.268. The highest BCUT2D eigenvalue weighted by molar-refractivity contribution is 7.89. The first-order chi connectivity index (χ1) is 8.84. The molecule has 0 radical (unpaired) electrons. The Balaban J connectivity index is 3.13. The first kappa shape index (κ1) is 16.1. The van der Waals surface area contributed by atoms with Gasteiger partial charge in [-0.05, 0) is 37.1 Å². The van der Waals surface area contributed by atoms with Crippen LogP contribution in [0.3, 0.4) is 0 Å². The zero-order valence-electron chi connectivity index (χ0n) is 11.9. The first-order valence-corrected chi connectivity index (χ1v) is 7.55. The molecule has 6 heteroatoms. The molecule has 0 bridgehead atoms. The molecule has 1 aromatic rings. The molecule has 108 valence electrons. The highest BCUT2D eigenvalue weighted by Crippen LogP contribution is 2.20. The Morgan fingerprint density at radius 3 is 2.58 bits per heavy atom. The van der Waals surface area contributed by atoms with Crippen molar-refractivity contribution in [3.05, 3.63) is 29.3 Å². The van der Waals surface area contributed by atoms with E-state index in [4.69, 9.17) is 10.5 Å². The second-order valence-electron chi connectivity index (χ2n) is 4.62. The lowest BCUT2D eigenvalue weighted by Crippen LogP contribution is -2.37. The molecule has 0 saturated heterocycles. The van der Waals surface area contributed by atoms with Gasteiger partial charge in [0.25, 0.3) is 0 Å². The third-order valence-corrected chi connectivity index (χ3v) is 5.21. The van der Waals surface area contributed by atoms with Crippen LogP contribution in [0.1, 0.15) is 18.1 Å². The number of rotatable bonds is 6. The van der Waals surface area contributed by atoms with Crippen LogP contribution in [-0.4, -0.2) is 39.5 Å². The Bertz CT molecular complexity index is 529. The van der Waals surface area contributed by atoms with Crippen molar-refractivity contribution in [2.75, 3.05) is 20.8 Å². The summed E-state index contributed by atoms with van der Waals surface area (Å²) in [6, 6.07) is 4.81. The van der Waals surface area contributed by atoms with Crippen molar-refractivity contribution in [3.8, 4) is 0 Å². The Kier molecular flexibility index (Phi) is 5.49. The number of ether oxygens (including phenoxy) is 1. The fourth-order valence-corrected chi connectivity index (χ4v) is 3.18. The third kappa shape index (κ3) is 3.54. The molecule has 0 aliphatic heterocycles. The van der Waals surface area contributed by atoms with Crippen LogP contribution in [0.2, 0.25) is 0 Å². The second-order valence-corrected chi connectivity index (χ2v) is 6.62. The van der Waals surface area contributed by atoms with Gasteiger partial charge in [0.15, 0.2) is 0 Å². The van der Waals surface area contributed by atoms with E-state index in [1.165, 1.54) is 4.31 Å². The van der Waals surface area contributed by atoms with Gasteiger partial charge in [0.1, 0.15) is 0 Å². The smallest absolute Gasteiger partial charge is 0.243 e. The summed E-state index contributed by atoms with van der Waals surface area (Å²) in [6.45, 7) is 4.40. The summed E-state index contributed by atoms with van der Waals surface area (Å²) in [6.07, 6.45) is 0. The molecule has 0 fully saturated rings. The number of aryl methyl sites for hydroxylation is 1. The normalized spacial score (nSPS) is 13.8. The minimum atomic E-state index is -3.51. The van der Waals surface area contributed by atoms with Crippen molar-refractivity contribution in [3.63, 3.8) is 0 Å². The Morgan fingerprint density at radius 1 is 1.42 bits per heavy atom. The van der Waals surface area contributed by atoms with E-state index in [2.05, 4.69) is 0 Å². The molecular weight excluding hydrogens is 264 g/mol. The number of nitrogens with two attached hydrogens (primary N) is 1. The molecule has 1 rings (SSSR count). The maximum absolute atomic E-state index is 12.5. The van der Waals surface area contributed by atoms with Crippen LogP contribution in [0.5, 0.6) is 0 Å². The van der Waals surface area contributed by atoms with E-state index in [-0.39, 0.29) is 10.9 Å². The highest BCUT2D eigenvalue weighted by atomic mass is 32.2. The van der Waals surface area contributed by atoms with E-state index in [0.29, 0.717) is 13.2 Å². The molecule has 1 atom stereocenters. The SMILES string of the molecule is COCC(C)N(C)S(=O)(=O)c1ccc(C)c(CN)c1. The van der Waals surface area contributed by atoms with Gasteiger partial charge in [0, 0.05) is 26.7 Å². The number of likely N-dealkylation sites (N-methyl/N-ethyl adjacent to an activating group) is 1. The van der Waals surface area contributed by atoms with E-state index in [9.17, 15) is 8.42 Å². The minimum Gasteiger partial charge on any atom is -0.383 e. The molecule has 19 heavy (non-hydrogen) atoms. The Morgan fingerprint density at radius 2 is 2.05 bits per heavy atom. The summed E-state index contributed by atoms with van der Waals surface area (Å²) >= 11 is 0. The lowest BCUT2D eigenvalue weighted by molar-refractivity contribution is 0.149. The van der Waals surface area contributed by atoms with Gasteiger partial charge in [0.2, 0.25) is 10.0 Å². The topological polar surface area (TPSA) is 72.6 Å². The quantitative estimate of drug-likeness (QED) is 0.850. The van der Waals surface area contributed by atoms with Gasteiger partial charge in [-0.3, -0.25) is 0 Å². The van der Waals surface area contributed by atoms with E-state index >= 15 is 0 Å². The fraction of sp³-hybridized carbons (Fsp3) is 0.538. The van der Waals surface area contributed by atoms with Gasteiger partial charge in [-0.25, -0.2) is 8.42 Å². The Labute approximate surface area is 115 Å². The number of hydrogen-bond donors (Lipinski definition) is 1. The standard InChI is InChI=1S/C13H22N2O3S/c1-10-5-6-13(7-12(10)8-14)19(16,17)15(3)11(2)9-18-4/h5-7,11H,8-9,14H2,1-4H3. The molecule has 0 heterocycles. The molecule has 0 aromatic heterocycles. The van der Waals surface area contributed by atoms with Gasteiger partial charge in [0.05, 0.1) is 11.5 Å². The van der Waals surface area contributed by atoms with Crippen LogP contribution in [0, 0.1) is 6.92 Å². The molecule has 0 aliphatic rings. The second kappa shape index (κ2) is 6.47. The summed E-state index contributed by atoms with van der Waals surface area (Å²) in [5.74, 6) is 0. The summed E-state index contributed by atoms with van der Waals surface area (Å²) in [5, 5.41) is 0. The van der Waals surface area contributed by atoms with Crippen LogP contribution in [-0.2, 0) is 21.3 Å². The highest BCUT2D eigenvalue weighted by Gasteiger charge is 2.25. The van der Waals surface area contributed by atoms with E-state index in [1.54, 1.807) is 39.3 Å². The zero-order chi connectivity index (χ0) is 14.6. The molecule has 0 aliphatic carbocycles. The van der Waals surface area contributed by atoms with Crippen molar-refractivity contribution in [1.29, 1.82) is 0 Å². The number of methoxy groups -OCH3 is 1. The third-order valence-electron chi connectivity index (χ3n) is 3.25. The number of nitrogens with zero attached hydrogens (tertiary/aromatic N) is 1. The van der Waals surface area contributed by atoms with Crippen molar-refractivity contribution in [1.82, 2.24) is 4.31 Å². The van der Waals surface area contributed by atoms with Crippen molar-refractivity contribution in [2.45, 2.75) is 31.3 Å². The van der Waals surface area contributed by atoms with E-state index < -0.39 is 10.0 Å². The van der Waals surface area contributed by atoms with Gasteiger partial charge in [-0.1, -0.05) is 6.07 Å². The minimum absolute atomic E-state index is 0.224. The van der Waals surface area contributed by atoms with Gasteiger partial charge in [-0.2, -0.15) is 4.31 Å². The average molecular weight is 286 g/mol. The zero-order valence-corrected chi connectivity index (χ0v) is 12.7. The summed E-state index contributed by atoms with van der Waals surface area (Å²) in [5.41, 5.74) is 7.45. The monoisotopic (exact) mass is 286 g/mol. The molecule has 5 nitrogen and oxygen atoms in total. The molecule has 0 spiro atoms. The summed E-state index contributed by atoms with van der Waals surface area (Å²) < 4.78 is 31.2. The molecule has 1 aromatic carbocycles. The van der Waals surface area contributed by atoms with Gasteiger partial charge in [-0.15, -0.1) is 0 Å². The van der Waals surface area contributed by atoms with Gasteiger partial charge < -0.3 is 10.5 Å². The number of sulfonamides is 1. The van der Waals surface area contributed by atoms with Crippen LogP contribution < -0.4 is 5.73 Å². The maximum Gasteiger partial charge on any atom is 0.243 e. The maximum atomic E-state index is 12.5. The fourth-order valence-electron chi connectivity index (χ4n) is 1.78. The predicted molar refractivity (Wildman–Crippen MR) is 75.4 cm³/mol. The van der Waals surface area contributed by atoms with E-state index in [1.807, 2.05) is 6.92 Å². The lowest BCUT2D eigenvalue weighted by atomic mass is 10.1. The van der Waals surface area contributed by atoms with Crippen LogP contribution >= 0.6 is 0 Å². The van der Waals surface area contributed by atoms with Gasteiger partial charge >= 0.3 is 0 Å². The largest absolute Gasteiger partial charge is 0.383 e. The average Bonchev–Trinajstić information content (AvgIpc) is 2.38. The van der Waals surface area contributed by atoms with Crippen LogP contribution in [0.25, 0.3) is 0 Å². The lowest BCUT2D eigenvalue weighted by Gasteiger charge is -2.24. The van der Waals surface area contributed by atoms with Crippen LogP contribution in [0.15, 0.2) is 23.1 Å². The van der Waals surface area contributed by atoms with Crippen molar-refractivity contribution < 1.29 is 13.2 Å². The van der Waals surface area contributed by atoms with Crippen molar-refractivity contribution >= 4 is 10.0 Å². The predicted octanol–water partition coefficient (Wildman–Crippen LogP) is 1.11. The molecule has 2 N–H and O–H groups in total. The molecular formula is C13H22N2O3S. The first-order valence-electron chi connectivity index (χ1n) is 6.11.